The number of esters is 1. The Balaban J connectivity index is 2.10. The first kappa shape index (κ1) is 21.9. The molecule has 1 aliphatic heterocycles. The van der Waals surface area contributed by atoms with Gasteiger partial charge in [0.2, 0.25) is 0 Å². The zero-order valence-electron chi connectivity index (χ0n) is 17.7. The van der Waals surface area contributed by atoms with E-state index in [-0.39, 0.29) is 41.7 Å². The van der Waals surface area contributed by atoms with Crippen LogP contribution in [0, 0.1) is 0 Å². The molecule has 0 radical (unpaired) electrons. The summed E-state index contributed by atoms with van der Waals surface area (Å²) >= 11 is 0. The molecule has 0 bridgehead atoms. The lowest BCUT2D eigenvalue weighted by molar-refractivity contribution is -0.263. The van der Waals surface area contributed by atoms with E-state index in [4.69, 9.17) is 18.6 Å². The summed E-state index contributed by atoms with van der Waals surface area (Å²) in [6.45, 7) is 14.5. The summed E-state index contributed by atoms with van der Waals surface area (Å²) in [7, 11) is -2.00. The number of ether oxygens (including phenoxy) is 3. The number of hydrogen-bond donors (Lipinski definition) is 0. The number of carbonyl (C=O) groups excluding carboxylic acids is 1. The Morgan fingerprint density at radius 3 is 2.27 bits per heavy atom. The minimum absolute atomic E-state index is 0.0923. The third-order valence-corrected chi connectivity index (χ3v) is 10.6. The number of carbonyl (C=O) groups is 1. The van der Waals surface area contributed by atoms with Crippen molar-refractivity contribution in [2.75, 3.05) is 0 Å². The van der Waals surface area contributed by atoms with Gasteiger partial charge < -0.3 is 18.6 Å². The molecule has 0 aromatic rings. The van der Waals surface area contributed by atoms with Crippen LogP contribution in [-0.2, 0) is 23.4 Å². The van der Waals surface area contributed by atoms with Gasteiger partial charge in [-0.1, -0.05) is 40.0 Å². The van der Waals surface area contributed by atoms with Gasteiger partial charge in [-0.3, -0.25) is 4.79 Å². The van der Waals surface area contributed by atoms with E-state index in [1.54, 1.807) is 0 Å². The molecule has 26 heavy (non-hydrogen) atoms. The van der Waals surface area contributed by atoms with Crippen molar-refractivity contribution in [2.45, 2.75) is 122 Å². The Hall–Kier alpha value is -0.433. The topological polar surface area (TPSA) is 54.0 Å². The fraction of sp³-hybridized carbons (Fsp3) is 0.950. The first-order chi connectivity index (χ1) is 12.0. The van der Waals surface area contributed by atoms with Gasteiger partial charge in [0, 0.05) is 13.3 Å². The van der Waals surface area contributed by atoms with Crippen LogP contribution in [0.3, 0.4) is 0 Å². The molecule has 152 valence electrons. The molecule has 1 saturated carbocycles. The number of rotatable bonds is 5. The molecule has 0 amide bonds. The molecule has 0 N–H and O–H groups in total. The molecule has 0 aromatic carbocycles. The second-order valence-electron chi connectivity index (χ2n) is 9.39. The highest BCUT2D eigenvalue weighted by molar-refractivity contribution is 6.74. The van der Waals surface area contributed by atoms with E-state index in [0.717, 1.165) is 12.8 Å². The molecule has 2 rings (SSSR count). The van der Waals surface area contributed by atoms with Gasteiger partial charge in [-0.2, -0.15) is 0 Å². The molecule has 0 aromatic heterocycles. The molecular weight excluding hydrogens is 348 g/mol. The van der Waals surface area contributed by atoms with Gasteiger partial charge in [0.15, 0.2) is 20.7 Å². The van der Waals surface area contributed by atoms with Gasteiger partial charge in [-0.05, 0) is 37.9 Å². The molecule has 1 aliphatic carbocycles. The van der Waals surface area contributed by atoms with Crippen LogP contribution < -0.4 is 0 Å². The largest absolute Gasteiger partial charge is 0.457 e. The first-order valence-electron chi connectivity index (χ1n) is 10.2. The summed E-state index contributed by atoms with van der Waals surface area (Å²) in [5, 5.41) is 0.0923. The second-order valence-corrected chi connectivity index (χ2v) is 14.1. The monoisotopic (exact) mass is 386 g/mol. The van der Waals surface area contributed by atoms with Crippen molar-refractivity contribution in [1.82, 2.24) is 0 Å². The fourth-order valence-corrected chi connectivity index (χ4v) is 4.88. The predicted molar refractivity (Wildman–Crippen MR) is 105 cm³/mol. The third-order valence-electron chi connectivity index (χ3n) is 6.07. The lowest BCUT2D eigenvalue weighted by Crippen LogP contribution is -2.56. The molecule has 0 spiro atoms. The zero-order chi connectivity index (χ0) is 19.5. The van der Waals surface area contributed by atoms with E-state index < -0.39 is 8.32 Å². The molecule has 1 heterocycles. The maximum atomic E-state index is 11.6. The van der Waals surface area contributed by atoms with E-state index >= 15 is 0 Å². The maximum Gasteiger partial charge on any atom is 0.303 e. The van der Waals surface area contributed by atoms with Crippen molar-refractivity contribution >= 4 is 14.3 Å². The lowest BCUT2D eigenvalue weighted by atomic mass is 9.97. The highest BCUT2D eigenvalue weighted by Gasteiger charge is 2.46. The highest BCUT2D eigenvalue weighted by atomic mass is 28.4. The molecular formula is C20H38O5Si. The van der Waals surface area contributed by atoms with Crippen LogP contribution in [-0.4, -0.2) is 45.0 Å². The van der Waals surface area contributed by atoms with Crippen molar-refractivity contribution in [3.8, 4) is 0 Å². The van der Waals surface area contributed by atoms with Gasteiger partial charge in [0.25, 0.3) is 0 Å². The average Bonchev–Trinajstić information content (AvgIpc) is 2.50. The fourth-order valence-electron chi connectivity index (χ4n) is 3.54. The van der Waals surface area contributed by atoms with E-state index in [0.29, 0.717) is 6.42 Å². The molecule has 1 saturated heterocycles. The van der Waals surface area contributed by atoms with E-state index in [1.807, 2.05) is 6.92 Å². The van der Waals surface area contributed by atoms with Crippen molar-refractivity contribution in [3.63, 3.8) is 0 Å². The van der Waals surface area contributed by atoms with Crippen molar-refractivity contribution in [3.05, 3.63) is 0 Å². The van der Waals surface area contributed by atoms with Gasteiger partial charge >= 0.3 is 5.97 Å². The van der Waals surface area contributed by atoms with E-state index in [1.165, 1.54) is 26.2 Å². The standard InChI is InChI=1S/C20H38O5Si/c1-14-19(23-15(2)21)17(25-26(6,7)20(3,4)5)13-18(22-14)24-16-11-9-8-10-12-16/h14,16-19H,8-13H2,1-7H3/t14-,17-,18?,19-/m0/s1. The van der Waals surface area contributed by atoms with Crippen LogP contribution in [0.15, 0.2) is 0 Å². The van der Waals surface area contributed by atoms with Gasteiger partial charge in [0.05, 0.1) is 18.3 Å². The third kappa shape index (κ3) is 5.78. The molecule has 6 heteroatoms. The van der Waals surface area contributed by atoms with Crippen LogP contribution in [0.1, 0.15) is 73.1 Å². The Morgan fingerprint density at radius 1 is 1.12 bits per heavy atom. The minimum atomic E-state index is -2.00. The minimum Gasteiger partial charge on any atom is -0.457 e. The average molecular weight is 387 g/mol. The molecule has 2 aliphatic rings. The van der Waals surface area contributed by atoms with Crippen molar-refractivity contribution in [2.24, 2.45) is 0 Å². The predicted octanol–water partition coefficient (Wildman–Crippen LogP) is 4.79. The summed E-state index contributed by atoms with van der Waals surface area (Å²) in [5.74, 6) is -0.291. The highest BCUT2D eigenvalue weighted by Crippen LogP contribution is 2.40. The summed E-state index contributed by atoms with van der Waals surface area (Å²) in [4.78, 5) is 11.6. The number of hydrogen-bond acceptors (Lipinski definition) is 5. The molecule has 1 unspecified atom stereocenters. The van der Waals surface area contributed by atoms with Gasteiger partial charge in [-0.15, -0.1) is 0 Å². The van der Waals surface area contributed by atoms with Gasteiger partial charge in [0.1, 0.15) is 0 Å². The second kappa shape index (κ2) is 8.72. The van der Waals surface area contributed by atoms with Crippen LogP contribution >= 0.6 is 0 Å². The van der Waals surface area contributed by atoms with Crippen LogP contribution in [0.5, 0.6) is 0 Å². The van der Waals surface area contributed by atoms with Crippen LogP contribution in [0.4, 0.5) is 0 Å². The lowest BCUT2D eigenvalue weighted by Gasteiger charge is -2.46. The Labute approximate surface area is 160 Å². The molecule has 2 fully saturated rings. The summed E-state index contributed by atoms with van der Waals surface area (Å²) < 4.78 is 24.6. The van der Waals surface area contributed by atoms with Crippen LogP contribution in [0.2, 0.25) is 18.1 Å². The van der Waals surface area contributed by atoms with E-state index in [9.17, 15) is 4.79 Å². The van der Waals surface area contributed by atoms with Gasteiger partial charge in [-0.25, -0.2) is 0 Å². The van der Waals surface area contributed by atoms with Crippen molar-refractivity contribution < 1.29 is 23.4 Å². The maximum absolute atomic E-state index is 11.6. The molecule has 4 atom stereocenters. The first-order valence-corrected chi connectivity index (χ1v) is 13.1. The van der Waals surface area contributed by atoms with Crippen molar-refractivity contribution in [1.29, 1.82) is 0 Å². The summed E-state index contributed by atoms with van der Waals surface area (Å²) in [6.07, 6.45) is 5.78. The molecule has 5 nitrogen and oxygen atoms in total. The van der Waals surface area contributed by atoms with Crippen LogP contribution in [0.25, 0.3) is 0 Å². The zero-order valence-corrected chi connectivity index (χ0v) is 18.7. The smallest absolute Gasteiger partial charge is 0.303 e. The normalized spacial score (nSPS) is 31.7. The SMILES string of the molecule is CC(=O)O[C@H]1[C@H](C)OC(OC2CCCCC2)C[C@@H]1O[Si](C)(C)C(C)(C)C. The Kier molecular flexibility index (Phi) is 7.33. The Bertz CT molecular complexity index is 467. The summed E-state index contributed by atoms with van der Waals surface area (Å²) in [5.41, 5.74) is 0. The summed E-state index contributed by atoms with van der Waals surface area (Å²) in [6, 6.07) is 0. The van der Waals surface area contributed by atoms with E-state index in [2.05, 4.69) is 33.9 Å². The Morgan fingerprint density at radius 2 is 1.73 bits per heavy atom. The quantitative estimate of drug-likeness (QED) is 0.502.